The first-order valence-corrected chi connectivity index (χ1v) is 13.1. The Labute approximate surface area is 225 Å². The van der Waals surface area contributed by atoms with Gasteiger partial charge in [-0.15, -0.1) is 0 Å². The van der Waals surface area contributed by atoms with Gasteiger partial charge in [-0.25, -0.2) is 9.98 Å². The zero-order valence-corrected chi connectivity index (χ0v) is 22.0. The van der Waals surface area contributed by atoms with Gasteiger partial charge in [-0.2, -0.15) is 0 Å². The molecule has 2 aliphatic rings. The van der Waals surface area contributed by atoms with Crippen LogP contribution in [0.5, 0.6) is 11.5 Å². The minimum atomic E-state index is -5.17. The number of aliphatic imine (C=N–C) groups is 2. The number of benzene rings is 2. The zero-order chi connectivity index (χ0) is 27.6. The van der Waals surface area contributed by atoms with Crippen LogP contribution in [0.2, 0.25) is 10.0 Å². The minimum absolute atomic E-state index is 0.0902. The fraction of sp³-hybridized carbons (Fsp3) is 0.364. The summed E-state index contributed by atoms with van der Waals surface area (Å²) in [6.45, 7) is 1.21. The van der Waals surface area contributed by atoms with Crippen molar-refractivity contribution in [3.8, 4) is 11.5 Å². The molecule has 2 aliphatic heterocycles. The molecule has 8 N–H and O–H groups in total. The van der Waals surface area contributed by atoms with Gasteiger partial charge in [0, 0.05) is 33.3 Å². The number of nitrogens with two attached hydrogens (primary N) is 4. The molecule has 0 fully saturated rings. The molecule has 0 aromatic heterocycles. The number of nitrogens with zero attached hydrogens (tertiary/aromatic N) is 2. The minimum Gasteiger partial charge on any atom is -0.759 e. The third-order valence-electron chi connectivity index (χ3n) is 5.05. The molecule has 0 amide bonds. The van der Waals surface area contributed by atoms with Crippen LogP contribution in [0.15, 0.2) is 46.4 Å². The van der Waals surface area contributed by atoms with E-state index in [1.54, 1.807) is 0 Å². The van der Waals surface area contributed by atoms with E-state index in [4.69, 9.17) is 73.1 Å². The second-order valence-corrected chi connectivity index (χ2v) is 9.70. The van der Waals surface area contributed by atoms with Crippen molar-refractivity contribution in [1.82, 2.24) is 0 Å². The number of guanidine groups is 2. The Bertz CT molecular complexity index is 1130. The number of fused-ring (bicyclic) bond motifs is 2. The summed E-state index contributed by atoms with van der Waals surface area (Å²) in [5.74, 6) is 1.92. The van der Waals surface area contributed by atoms with Crippen molar-refractivity contribution in [3.63, 3.8) is 0 Å². The van der Waals surface area contributed by atoms with E-state index in [2.05, 4.69) is 9.98 Å². The molecular weight excluding hydrogens is 547 g/mol. The average molecular weight is 575 g/mol. The Morgan fingerprint density at radius 3 is 1.46 bits per heavy atom. The molecule has 12 nitrogen and oxygen atoms in total. The summed E-state index contributed by atoms with van der Waals surface area (Å²) in [4.78, 5) is 8.35. The van der Waals surface area contributed by atoms with Gasteiger partial charge >= 0.3 is 0 Å². The van der Waals surface area contributed by atoms with E-state index < -0.39 is 10.4 Å². The Balaban J connectivity index is 0.000000221. The van der Waals surface area contributed by atoms with Crippen LogP contribution in [0, 0.1) is 0 Å². The molecule has 204 valence electrons. The number of halogens is 2. The van der Waals surface area contributed by atoms with Gasteiger partial charge in [0.2, 0.25) is 0 Å². The lowest BCUT2D eigenvalue weighted by molar-refractivity contribution is 0.310. The molecule has 37 heavy (non-hydrogen) atoms. The first-order valence-electron chi connectivity index (χ1n) is 11.0. The molecule has 0 spiro atoms. The molecule has 2 atom stereocenters. The molecule has 0 saturated heterocycles. The molecule has 2 aromatic carbocycles. The van der Waals surface area contributed by atoms with Crippen LogP contribution in [0.3, 0.4) is 0 Å². The van der Waals surface area contributed by atoms with Gasteiger partial charge in [0.15, 0.2) is 11.9 Å². The number of ether oxygens (including phenoxy) is 2. The monoisotopic (exact) mass is 574 g/mol. The maximum Gasteiger partial charge on any atom is 0.186 e. The van der Waals surface area contributed by atoms with Crippen LogP contribution in [-0.4, -0.2) is 54.7 Å². The van der Waals surface area contributed by atoms with E-state index in [1.807, 2.05) is 36.4 Å². The smallest absolute Gasteiger partial charge is 0.186 e. The van der Waals surface area contributed by atoms with E-state index in [9.17, 15) is 0 Å². The molecule has 0 aliphatic carbocycles. The molecule has 2 unspecified atom stereocenters. The van der Waals surface area contributed by atoms with Crippen molar-refractivity contribution in [2.75, 3.05) is 13.2 Å². The maximum absolute atomic E-state index is 8.52. The van der Waals surface area contributed by atoms with Crippen molar-refractivity contribution in [1.29, 1.82) is 0 Å². The molecule has 2 heterocycles. The van der Waals surface area contributed by atoms with Crippen LogP contribution in [0.1, 0.15) is 24.0 Å². The van der Waals surface area contributed by atoms with E-state index >= 15 is 0 Å². The van der Waals surface area contributed by atoms with E-state index in [-0.39, 0.29) is 24.0 Å². The number of hydrogen-bond donors (Lipinski definition) is 4. The molecule has 0 radical (unpaired) electrons. The third-order valence-corrected chi connectivity index (χ3v) is 5.52. The van der Waals surface area contributed by atoms with Crippen molar-refractivity contribution < 1.29 is 27.0 Å². The Morgan fingerprint density at radius 2 is 1.14 bits per heavy atom. The van der Waals surface area contributed by atoms with Gasteiger partial charge in [-0.1, -0.05) is 35.3 Å². The maximum atomic E-state index is 8.52. The predicted octanol–water partition coefficient (Wildman–Crippen LogP) is 1.28. The number of rotatable bonds is 2. The second-order valence-electron chi connectivity index (χ2n) is 8.01. The summed E-state index contributed by atoms with van der Waals surface area (Å²) in [5, 5.41) is 1.36. The summed E-state index contributed by atoms with van der Waals surface area (Å²) >= 11 is 11.8. The van der Waals surface area contributed by atoms with Crippen LogP contribution in [0.4, 0.5) is 0 Å². The highest BCUT2D eigenvalue weighted by Crippen LogP contribution is 2.29. The van der Waals surface area contributed by atoms with Gasteiger partial charge < -0.3 is 41.5 Å². The van der Waals surface area contributed by atoms with Crippen molar-refractivity contribution in [2.45, 2.75) is 37.8 Å². The SMILES string of the molecule is NC(N)=NC1CCOc2cc(Cl)ccc2C1.NC(N)=NC1CCOc2cc(Cl)ccc2C1.O=S(=O)([O-])[O-]. The normalized spacial score (nSPS) is 18.2. The van der Waals surface area contributed by atoms with E-state index in [0.717, 1.165) is 48.3 Å². The van der Waals surface area contributed by atoms with E-state index in [0.29, 0.717) is 23.3 Å². The lowest BCUT2D eigenvalue weighted by Crippen LogP contribution is -2.26. The molecule has 0 bridgehead atoms. The van der Waals surface area contributed by atoms with Gasteiger partial charge in [0.1, 0.15) is 11.5 Å². The average Bonchev–Trinajstić information content (AvgIpc) is 3.07. The highest BCUT2D eigenvalue weighted by Gasteiger charge is 2.18. The topological polar surface area (TPSA) is 228 Å². The summed E-state index contributed by atoms with van der Waals surface area (Å²) in [5.41, 5.74) is 23.7. The molecule has 15 heteroatoms. The standard InChI is InChI=1S/2C11H14ClN3O.H2O4S/c2*12-8-2-1-7-5-9(15-11(13)14)3-4-16-10(7)6-8;1-5(2,3)4/h2*1-2,6,9H,3-5H2,(H4,13,14,15);(H2,1,2,3,4)/p-2. The van der Waals surface area contributed by atoms with Gasteiger partial charge in [0.05, 0.1) is 25.3 Å². The van der Waals surface area contributed by atoms with Crippen molar-refractivity contribution >= 4 is 45.5 Å². The van der Waals surface area contributed by atoms with E-state index in [1.165, 1.54) is 0 Å². The van der Waals surface area contributed by atoms with Crippen molar-refractivity contribution in [3.05, 3.63) is 57.6 Å². The first-order chi connectivity index (χ1) is 17.3. The zero-order valence-electron chi connectivity index (χ0n) is 19.7. The molecule has 4 rings (SSSR count). The summed E-state index contributed by atoms with van der Waals surface area (Å²) in [7, 11) is -5.17. The highest BCUT2D eigenvalue weighted by atomic mass is 35.5. The second kappa shape index (κ2) is 14.1. The summed E-state index contributed by atoms with van der Waals surface area (Å²) < 4.78 is 45.3. The summed E-state index contributed by atoms with van der Waals surface area (Å²) in [6.07, 6.45) is 3.18. The largest absolute Gasteiger partial charge is 0.759 e. The fourth-order valence-corrected chi connectivity index (χ4v) is 3.95. The van der Waals surface area contributed by atoms with Crippen LogP contribution >= 0.6 is 23.2 Å². The highest BCUT2D eigenvalue weighted by molar-refractivity contribution is 7.79. The van der Waals surface area contributed by atoms with Crippen molar-refractivity contribution in [2.24, 2.45) is 32.9 Å². The molecule has 2 aromatic rings. The van der Waals surface area contributed by atoms with Gasteiger partial charge in [0.25, 0.3) is 0 Å². The Morgan fingerprint density at radius 1 is 0.784 bits per heavy atom. The molecule has 0 saturated carbocycles. The molecular formula is C22H28Cl2N6O6S-2. The predicted molar refractivity (Wildman–Crippen MR) is 140 cm³/mol. The number of hydrogen-bond acceptors (Lipinski definition) is 8. The van der Waals surface area contributed by atoms with Crippen LogP contribution < -0.4 is 32.4 Å². The summed E-state index contributed by atoms with van der Waals surface area (Å²) in [6, 6.07) is 11.4. The Kier molecular flexibility index (Phi) is 11.5. The van der Waals surface area contributed by atoms with Gasteiger partial charge in [-0.05, 0) is 48.2 Å². The Hall–Kier alpha value is -2.97. The lowest BCUT2D eigenvalue weighted by atomic mass is 10.0. The fourth-order valence-electron chi connectivity index (χ4n) is 3.63. The van der Waals surface area contributed by atoms with Crippen LogP contribution in [-0.2, 0) is 23.2 Å². The first kappa shape index (κ1) is 30.3. The lowest BCUT2D eigenvalue weighted by Gasteiger charge is -2.08. The van der Waals surface area contributed by atoms with Crippen LogP contribution in [0.25, 0.3) is 0 Å². The quantitative estimate of drug-likeness (QED) is 0.173. The third kappa shape index (κ3) is 12.2. The van der Waals surface area contributed by atoms with Gasteiger partial charge in [-0.3, -0.25) is 8.42 Å².